The van der Waals surface area contributed by atoms with Crippen molar-refractivity contribution in [2.45, 2.75) is 32.4 Å². The Morgan fingerprint density at radius 1 is 1.30 bits per heavy atom. The Bertz CT molecular complexity index is 572. The van der Waals surface area contributed by atoms with Crippen molar-refractivity contribution in [1.82, 2.24) is 4.90 Å². The lowest BCUT2D eigenvalue weighted by Gasteiger charge is -2.37. The van der Waals surface area contributed by atoms with Gasteiger partial charge < -0.3 is 25.4 Å². The standard InChI is InChI=1S/C16H24N4O3/c1-16(2,3)23-15(21)20-9-12(10-20)19-14(17)18-11-5-7-13(22-4)8-6-11/h5-8,12H,9-10H2,1-4H3,(H3,17,18,19). The van der Waals surface area contributed by atoms with Crippen molar-refractivity contribution in [3.8, 4) is 5.75 Å². The monoisotopic (exact) mass is 320 g/mol. The molecule has 0 atom stereocenters. The Labute approximate surface area is 136 Å². The maximum absolute atomic E-state index is 11.8. The molecule has 1 heterocycles. The maximum atomic E-state index is 11.8. The Morgan fingerprint density at radius 2 is 1.91 bits per heavy atom. The van der Waals surface area contributed by atoms with Gasteiger partial charge in [0.25, 0.3) is 0 Å². The number of likely N-dealkylation sites (tertiary alicyclic amines) is 1. The number of nitrogens with two attached hydrogens (primary N) is 1. The molecule has 3 N–H and O–H groups in total. The lowest BCUT2D eigenvalue weighted by Crippen LogP contribution is -2.54. The number of nitrogens with zero attached hydrogens (tertiary/aromatic N) is 2. The molecule has 126 valence electrons. The third kappa shape index (κ3) is 5.05. The number of rotatable bonds is 3. The first kappa shape index (κ1) is 16.9. The molecule has 1 aliphatic rings. The molecule has 1 aromatic carbocycles. The molecule has 0 radical (unpaired) electrons. The van der Waals surface area contributed by atoms with Crippen LogP contribution in [-0.4, -0.2) is 48.8 Å². The number of nitrogens with one attached hydrogen (secondary N) is 1. The highest BCUT2D eigenvalue weighted by Crippen LogP contribution is 2.18. The Kier molecular flexibility index (Phi) is 4.98. The van der Waals surface area contributed by atoms with Gasteiger partial charge in [-0.2, -0.15) is 0 Å². The van der Waals surface area contributed by atoms with E-state index in [-0.39, 0.29) is 12.1 Å². The Hall–Kier alpha value is -2.44. The van der Waals surface area contributed by atoms with Crippen LogP contribution in [-0.2, 0) is 4.74 Å². The lowest BCUT2D eigenvalue weighted by molar-refractivity contribution is 0.00905. The number of hydrogen-bond donors (Lipinski definition) is 2. The highest BCUT2D eigenvalue weighted by atomic mass is 16.6. The minimum absolute atomic E-state index is 0.00623. The molecule has 0 aromatic heterocycles. The molecule has 23 heavy (non-hydrogen) atoms. The van der Waals surface area contributed by atoms with Gasteiger partial charge in [0, 0.05) is 18.8 Å². The number of ether oxygens (including phenoxy) is 2. The van der Waals surface area contributed by atoms with Crippen LogP contribution in [0.15, 0.2) is 29.3 Å². The van der Waals surface area contributed by atoms with Crippen molar-refractivity contribution >= 4 is 17.7 Å². The van der Waals surface area contributed by atoms with Crippen LogP contribution in [0, 0.1) is 0 Å². The van der Waals surface area contributed by atoms with Gasteiger partial charge in [0.05, 0.1) is 13.2 Å². The molecule has 1 amide bonds. The molecule has 1 aromatic rings. The first-order valence-corrected chi connectivity index (χ1v) is 7.49. The number of benzene rings is 1. The average molecular weight is 320 g/mol. The van der Waals surface area contributed by atoms with Crippen molar-refractivity contribution in [3.63, 3.8) is 0 Å². The molecule has 7 nitrogen and oxygen atoms in total. The van der Waals surface area contributed by atoms with Gasteiger partial charge in [-0.05, 0) is 45.0 Å². The second kappa shape index (κ2) is 6.76. The summed E-state index contributed by atoms with van der Waals surface area (Å²) in [7, 11) is 1.62. The number of hydrogen-bond acceptors (Lipinski definition) is 4. The molecular formula is C16H24N4O3. The first-order chi connectivity index (χ1) is 10.8. The lowest BCUT2D eigenvalue weighted by atomic mass is 10.1. The summed E-state index contributed by atoms with van der Waals surface area (Å²) in [5, 5.41) is 3.01. The van der Waals surface area contributed by atoms with Crippen molar-refractivity contribution in [3.05, 3.63) is 24.3 Å². The number of guanidine groups is 1. The Morgan fingerprint density at radius 3 is 2.43 bits per heavy atom. The van der Waals surface area contributed by atoms with Gasteiger partial charge in [0.15, 0.2) is 5.96 Å². The summed E-state index contributed by atoms with van der Waals surface area (Å²) in [5.74, 6) is 1.10. The fourth-order valence-electron chi connectivity index (χ4n) is 2.06. The highest BCUT2D eigenvalue weighted by Gasteiger charge is 2.33. The van der Waals surface area contributed by atoms with Crippen molar-refractivity contribution in [2.24, 2.45) is 10.7 Å². The fraction of sp³-hybridized carbons (Fsp3) is 0.500. The van der Waals surface area contributed by atoms with E-state index in [1.165, 1.54) is 0 Å². The quantitative estimate of drug-likeness (QED) is 0.657. The molecule has 1 saturated heterocycles. The van der Waals surface area contributed by atoms with Gasteiger partial charge in [0.1, 0.15) is 11.4 Å². The van der Waals surface area contributed by atoms with Gasteiger partial charge in [-0.1, -0.05) is 0 Å². The van der Waals surface area contributed by atoms with Crippen LogP contribution in [0.2, 0.25) is 0 Å². The van der Waals surface area contributed by atoms with Gasteiger partial charge in [-0.25, -0.2) is 9.79 Å². The third-order valence-electron chi connectivity index (χ3n) is 3.20. The van der Waals surface area contributed by atoms with E-state index in [1.54, 1.807) is 12.0 Å². The van der Waals surface area contributed by atoms with Crippen molar-refractivity contribution in [2.75, 3.05) is 25.5 Å². The molecular weight excluding hydrogens is 296 g/mol. The predicted octanol–water partition coefficient (Wildman–Crippen LogP) is 2.04. The average Bonchev–Trinajstić information content (AvgIpc) is 2.41. The summed E-state index contributed by atoms with van der Waals surface area (Å²) in [5.41, 5.74) is 6.23. The Balaban J connectivity index is 1.80. The van der Waals surface area contributed by atoms with Gasteiger partial charge in [-0.3, -0.25) is 0 Å². The van der Waals surface area contributed by atoms with Crippen LogP contribution in [0.4, 0.5) is 10.5 Å². The second-order valence-electron chi connectivity index (χ2n) is 6.41. The van der Waals surface area contributed by atoms with Crippen LogP contribution in [0.25, 0.3) is 0 Å². The topological polar surface area (TPSA) is 89.2 Å². The summed E-state index contributed by atoms with van der Waals surface area (Å²) < 4.78 is 10.4. The normalized spacial score (nSPS) is 15.8. The van der Waals surface area contributed by atoms with E-state index in [9.17, 15) is 4.79 Å². The van der Waals surface area contributed by atoms with E-state index in [0.29, 0.717) is 19.0 Å². The van der Waals surface area contributed by atoms with E-state index < -0.39 is 5.60 Å². The van der Waals surface area contributed by atoms with Crippen LogP contribution < -0.4 is 15.8 Å². The maximum Gasteiger partial charge on any atom is 0.410 e. The van der Waals surface area contributed by atoms with Gasteiger partial charge in [0.2, 0.25) is 0 Å². The van der Waals surface area contributed by atoms with Crippen LogP contribution in [0.5, 0.6) is 5.75 Å². The SMILES string of the molecule is COc1ccc(NC(N)=NC2CN(C(=O)OC(C)(C)C)C2)cc1. The van der Waals surface area contributed by atoms with E-state index >= 15 is 0 Å². The number of carbonyl (C=O) groups excluding carboxylic acids is 1. The van der Waals surface area contributed by atoms with Crippen LogP contribution in [0.3, 0.4) is 0 Å². The molecule has 0 aliphatic carbocycles. The number of anilines is 1. The van der Waals surface area contributed by atoms with Gasteiger partial charge >= 0.3 is 6.09 Å². The van der Waals surface area contributed by atoms with E-state index in [4.69, 9.17) is 15.2 Å². The van der Waals surface area contributed by atoms with Gasteiger partial charge in [-0.15, -0.1) is 0 Å². The highest BCUT2D eigenvalue weighted by molar-refractivity contribution is 5.92. The number of aliphatic imine (C=N–C) groups is 1. The summed E-state index contributed by atoms with van der Waals surface area (Å²) >= 11 is 0. The van der Waals surface area contributed by atoms with E-state index in [2.05, 4.69) is 10.3 Å². The van der Waals surface area contributed by atoms with Crippen LogP contribution in [0.1, 0.15) is 20.8 Å². The number of methoxy groups -OCH3 is 1. The molecule has 0 spiro atoms. The van der Waals surface area contributed by atoms with E-state index in [1.807, 2.05) is 45.0 Å². The molecule has 2 rings (SSSR count). The van der Waals surface area contributed by atoms with Crippen LogP contribution >= 0.6 is 0 Å². The van der Waals surface area contributed by atoms with E-state index in [0.717, 1.165) is 11.4 Å². The zero-order valence-corrected chi connectivity index (χ0v) is 14.0. The fourth-order valence-corrected chi connectivity index (χ4v) is 2.06. The summed E-state index contributed by atoms with van der Waals surface area (Å²) in [6.07, 6.45) is -0.314. The zero-order valence-electron chi connectivity index (χ0n) is 14.0. The molecule has 0 unspecified atom stereocenters. The summed E-state index contributed by atoms with van der Waals surface area (Å²) in [4.78, 5) is 17.8. The number of amides is 1. The largest absolute Gasteiger partial charge is 0.497 e. The second-order valence-corrected chi connectivity index (χ2v) is 6.41. The first-order valence-electron chi connectivity index (χ1n) is 7.49. The minimum Gasteiger partial charge on any atom is -0.497 e. The summed E-state index contributed by atoms with van der Waals surface area (Å²) in [6, 6.07) is 7.38. The smallest absolute Gasteiger partial charge is 0.410 e. The zero-order chi connectivity index (χ0) is 17.0. The molecule has 0 bridgehead atoms. The minimum atomic E-state index is -0.486. The van der Waals surface area contributed by atoms with Crippen molar-refractivity contribution < 1.29 is 14.3 Å². The number of carbonyl (C=O) groups is 1. The molecule has 0 saturated carbocycles. The molecule has 1 fully saturated rings. The molecule has 1 aliphatic heterocycles. The molecule has 7 heteroatoms. The third-order valence-corrected chi connectivity index (χ3v) is 3.20. The predicted molar refractivity (Wildman–Crippen MR) is 89.8 cm³/mol. The van der Waals surface area contributed by atoms with Crippen molar-refractivity contribution in [1.29, 1.82) is 0 Å². The summed E-state index contributed by atoms with van der Waals surface area (Å²) in [6.45, 7) is 6.56.